The van der Waals surface area contributed by atoms with Gasteiger partial charge in [-0.05, 0) is 24.3 Å². The van der Waals surface area contributed by atoms with E-state index in [-0.39, 0.29) is 0 Å². The Morgan fingerprint density at radius 2 is 0.476 bits per heavy atom. The molecule has 0 aromatic rings. The highest BCUT2D eigenvalue weighted by Crippen LogP contribution is 2.16. The fourth-order valence-corrected chi connectivity index (χ4v) is 6.03. The van der Waals surface area contributed by atoms with Crippen molar-refractivity contribution in [3.8, 4) is 0 Å². The van der Waals surface area contributed by atoms with Crippen molar-refractivity contribution in [2.75, 3.05) is 34.5 Å². The minimum atomic E-state index is 1.37. The van der Waals surface area contributed by atoms with Crippen LogP contribution in [-0.4, -0.2) is 34.5 Å². The average Bonchev–Trinajstić information content (AvgIpc) is 2.50. The second-order valence-corrected chi connectivity index (χ2v) is 9.75. The average molecular weight is 349 g/mol. The lowest BCUT2D eigenvalue weighted by Gasteiger charge is -2.03. The molecule has 3 heteroatoms. The molecule has 1 rings (SSSR count). The van der Waals surface area contributed by atoms with Crippen LogP contribution in [0.1, 0.15) is 77.0 Å². The number of thioether (sulfide) groups is 3. The molecule has 0 bridgehead atoms. The molecule has 0 aliphatic carbocycles. The fraction of sp³-hybridized carbons (Fsp3) is 1.00. The van der Waals surface area contributed by atoms with E-state index in [1.165, 1.54) is 112 Å². The minimum Gasteiger partial charge on any atom is -0.161 e. The maximum atomic E-state index is 2.18. The zero-order chi connectivity index (χ0) is 14.8. The van der Waals surface area contributed by atoms with Crippen LogP contribution in [0.4, 0.5) is 0 Å². The summed E-state index contributed by atoms with van der Waals surface area (Å²) in [5.41, 5.74) is 0. The topological polar surface area (TPSA) is 0 Å². The molecule has 1 saturated heterocycles. The van der Waals surface area contributed by atoms with Gasteiger partial charge in [0.1, 0.15) is 0 Å². The Kier molecular flexibility index (Phi) is 16.7. The van der Waals surface area contributed by atoms with Crippen LogP contribution in [0.5, 0.6) is 0 Å². The molecule has 0 saturated carbocycles. The van der Waals surface area contributed by atoms with Crippen molar-refractivity contribution in [2.45, 2.75) is 77.0 Å². The SMILES string of the molecule is C1CCCCCCCSCCSCCSCCCCCC1. The van der Waals surface area contributed by atoms with Gasteiger partial charge in [0.25, 0.3) is 0 Å². The van der Waals surface area contributed by atoms with E-state index in [2.05, 4.69) is 35.3 Å². The highest BCUT2D eigenvalue weighted by Gasteiger charge is 1.97. The summed E-state index contributed by atoms with van der Waals surface area (Å²) in [6.45, 7) is 0. The molecule has 0 spiro atoms. The van der Waals surface area contributed by atoms with Gasteiger partial charge in [0.2, 0.25) is 0 Å². The van der Waals surface area contributed by atoms with Crippen molar-refractivity contribution in [1.82, 2.24) is 0 Å². The molecule has 0 unspecified atom stereocenters. The maximum absolute atomic E-state index is 2.18. The molecule has 0 aromatic carbocycles. The van der Waals surface area contributed by atoms with E-state index in [1.807, 2.05) is 0 Å². The highest BCUT2D eigenvalue weighted by molar-refractivity contribution is 8.04. The normalized spacial score (nSPS) is 24.0. The van der Waals surface area contributed by atoms with Crippen LogP contribution < -0.4 is 0 Å². The van der Waals surface area contributed by atoms with Crippen molar-refractivity contribution < 1.29 is 0 Å². The van der Waals surface area contributed by atoms with E-state index >= 15 is 0 Å². The number of rotatable bonds is 0. The van der Waals surface area contributed by atoms with Crippen molar-refractivity contribution in [1.29, 1.82) is 0 Å². The number of hydrogen-bond donors (Lipinski definition) is 0. The summed E-state index contributed by atoms with van der Waals surface area (Å²) >= 11 is 6.52. The largest absolute Gasteiger partial charge is 0.161 e. The Balaban J connectivity index is 2.00. The first-order valence-electron chi connectivity index (χ1n) is 9.23. The summed E-state index contributed by atoms with van der Waals surface area (Å²) in [5, 5.41) is 0. The maximum Gasteiger partial charge on any atom is 0.00238 e. The first-order chi connectivity index (χ1) is 10.5. The minimum absolute atomic E-state index is 1.37. The molecule has 1 heterocycles. The Morgan fingerprint density at radius 3 is 0.810 bits per heavy atom. The van der Waals surface area contributed by atoms with Gasteiger partial charge in [0, 0.05) is 23.0 Å². The quantitative estimate of drug-likeness (QED) is 0.468. The molecular formula is C18H36S3. The van der Waals surface area contributed by atoms with Crippen LogP contribution in [0.3, 0.4) is 0 Å². The van der Waals surface area contributed by atoms with Crippen LogP contribution in [0, 0.1) is 0 Å². The van der Waals surface area contributed by atoms with Gasteiger partial charge < -0.3 is 0 Å². The van der Waals surface area contributed by atoms with E-state index in [0.29, 0.717) is 0 Å². The molecule has 126 valence electrons. The van der Waals surface area contributed by atoms with Gasteiger partial charge >= 0.3 is 0 Å². The molecule has 1 fully saturated rings. The lowest BCUT2D eigenvalue weighted by molar-refractivity contribution is 0.549. The summed E-state index contributed by atoms with van der Waals surface area (Å²) in [5.74, 6) is 8.27. The molecule has 0 nitrogen and oxygen atoms in total. The molecule has 0 radical (unpaired) electrons. The Bertz CT molecular complexity index is 105. The van der Waals surface area contributed by atoms with Crippen molar-refractivity contribution in [3.63, 3.8) is 0 Å². The third kappa shape index (κ3) is 15.7. The Labute approximate surface area is 146 Å². The predicted molar refractivity (Wildman–Crippen MR) is 107 cm³/mol. The second kappa shape index (κ2) is 17.4. The van der Waals surface area contributed by atoms with E-state index in [0.717, 1.165) is 0 Å². The third-order valence-electron chi connectivity index (χ3n) is 4.07. The van der Waals surface area contributed by atoms with E-state index in [9.17, 15) is 0 Å². The van der Waals surface area contributed by atoms with Gasteiger partial charge in [0.15, 0.2) is 0 Å². The molecule has 21 heavy (non-hydrogen) atoms. The molecule has 0 aromatic heterocycles. The molecule has 0 amide bonds. The second-order valence-electron chi connectivity index (χ2n) is 6.08. The smallest absolute Gasteiger partial charge is 0.00238 e. The Morgan fingerprint density at radius 1 is 0.238 bits per heavy atom. The lowest BCUT2D eigenvalue weighted by Crippen LogP contribution is -1.92. The van der Waals surface area contributed by atoms with E-state index in [4.69, 9.17) is 0 Å². The Hall–Kier alpha value is 1.05. The van der Waals surface area contributed by atoms with E-state index in [1.54, 1.807) is 0 Å². The number of hydrogen-bond acceptors (Lipinski definition) is 3. The van der Waals surface area contributed by atoms with Crippen LogP contribution >= 0.6 is 35.3 Å². The van der Waals surface area contributed by atoms with Crippen LogP contribution in [0.2, 0.25) is 0 Å². The zero-order valence-electron chi connectivity index (χ0n) is 14.0. The van der Waals surface area contributed by atoms with Crippen LogP contribution in [0.25, 0.3) is 0 Å². The highest BCUT2D eigenvalue weighted by atomic mass is 32.2. The van der Waals surface area contributed by atoms with Gasteiger partial charge in [-0.25, -0.2) is 0 Å². The van der Waals surface area contributed by atoms with E-state index < -0.39 is 0 Å². The van der Waals surface area contributed by atoms with Gasteiger partial charge in [-0.15, -0.1) is 0 Å². The first-order valence-corrected chi connectivity index (χ1v) is 12.7. The van der Waals surface area contributed by atoms with Crippen LogP contribution in [0.15, 0.2) is 0 Å². The van der Waals surface area contributed by atoms with Gasteiger partial charge in [-0.3, -0.25) is 0 Å². The molecule has 1 aliphatic rings. The molecule has 1 aliphatic heterocycles. The monoisotopic (exact) mass is 348 g/mol. The fourth-order valence-electron chi connectivity index (χ4n) is 2.72. The molecular weight excluding hydrogens is 312 g/mol. The first kappa shape index (κ1) is 20.1. The molecule has 0 atom stereocenters. The van der Waals surface area contributed by atoms with Crippen molar-refractivity contribution >= 4 is 35.3 Å². The van der Waals surface area contributed by atoms with Gasteiger partial charge in [0.05, 0.1) is 0 Å². The van der Waals surface area contributed by atoms with Gasteiger partial charge in [-0.2, -0.15) is 35.3 Å². The predicted octanol–water partition coefficient (Wildman–Crippen LogP) is 6.88. The third-order valence-corrected chi connectivity index (χ3v) is 7.71. The summed E-state index contributed by atoms with van der Waals surface area (Å²) in [7, 11) is 0. The lowest BCUT2D eigenvalue weighted by atomic mass is 10.1. The van der Waals surface area contributed by atoms with Crippen LogP contribution in [-0.2, 0) is 0 Å². The zero-order valence-corrected chi connectivity index (χ0v) is 16.4. The van der Waals surface area contributed by atoms with Crippen molar-refractivity contribution in [3.05, 3.63) is 0 Å². The summed E-state index contributed by atoms with van der Waals surface area (Å²) in [6, 6.07) is 0. The summed E-state index contributed by atoms with van der Waals surface area (Å²) < 4.78 is 0. The summed E-state index contributed by atoms with van der Waals surface area (Å²) in [6.07, 6.45) is 17.7. The van der Waals surface area contributed by atoms with Gasteiger partial charge in [-0.1, -0.05) is 64.2 Å². The standard InChI is InChI=1S/C18H36S3/c1-2-4-6-8-10-12-14-20-16-18-21-17-15-19-13-11-9-7-5-3-1/h1-18H2. The van der Waals surface area contributed by atoms with Crippen molar-refractivity contribution in [2.24, 2.45) is 0 Å². The molecule has 0 N–H and O–H groups in total. The summed E-state index contributed by atoms with van der Waals surface area (Å²) in [4.78, 5) is 0.